The number of nitrogens with one attached hydrogen (secondary N) is 2. The largest absolute Gasteiger partial charge is 0.469 e. The molecule has 0 bridgehead atoms. The number of amides is 2. The van der Waals surface area contributed by atoms with Crippen molar-refractivity contribution >= 4 is 23.4 Å². The molecule has 148 valence electrons. The van der Waals surface area contributed by atoms with Crippen LogP contribution in [-0.4, -0.2) is 19.1 Å². The molecule has 0 heterocycles. The van der Waals surface area contributed by atoms with E-state index in [1.54, 1.807) is 0 Å². The summed E-state index contributed by atoms with van der Waals surface area (Å²) >= 11 is 0. The first kappa shape index (κ1) is 19.9. The van der Waals surface area contributed by atoms with Crippen LogP contribution in [0.1, 0.15) is 50.0 Å². The van der Waals surface area contributed by atoms with E-state index in [9.17, 15) is 9.59 Å². The van der Waals surface area contributed by atoms with Crippen LogP contribution < -0.4 is 10.6 Å². The van der Waals surface area contributed by atoms with Gasteiger partial charge in [0.1, 0.15) is 0 Å². The Labute approximate surface area is 166 Å². The molecule has 0 unspecified atom stereocenters. The van der Waals surface area contributed by atoms with Gasteiger partial charge in [0.25, 0.3) is 0 Å². The first-order valence-electron chi connectivity index (χ1n) is 9.94. The van der Waals surface area contributed by atoms with Crippen LogP contribution >= 0.6 is 0 Å². The summed E-state index contributed by atoms with van der Waals surface area (Å²) in [4.78, 5) is 23.4. The third-order valence-corrected chi connectivity index (χ3v) is 5.50. The number of hydrogen-bond acceptors (Lipinski definition) is 3. The highest BCUT2D eigenvalue weighted by Gasteiger charge is 2.23. The van der Waals surface area contributed by atoms with Gasteiger partial charge in [0.15, 0.2) is 0 Å². The summed E-state index contributed by atoms with van der Waals surface area (Å²) in [5.74, 6) is 1.07. The number of benzene rings is 2. The molecule has 1 fully saturated rings. The first-order valence-corrected chi connectivity index (χ1v) is 9.94. The molecule has 0 aromatic heterocycles. The zero-order chi connectivity index (χ0) is 19.8. The summed E-state index contributed by atoms with van der Waals surface area (Å²) < 4.78 is 4.73. The minimum atomic E-state index is -0.245. The molecule has 0 radical (unpaired) electrons. The van der Waals surface area contributed by atoms with Crippen LogP contribution in [0.2, 0.25) is 0 Å². The van der Waals surface area contributed by atoms with Gasteiger partial charge in [-0.25, -0.2) is 4.79 Å². The first-order chi connectivity index (χ1) is 13.6. The van der Waals surface area contributed by atoms with Gasteiger partial charge in [-0.15, -0.1) is 0 Å². The maximum atomic E-state index is 12.1. The lowest BCUT2D eigenvalue weighted by Crippen LogP contribution is -2.19. The standard InChI is InChI=1S/C23H28N2O3/c1-28-22(26)16-9-17-7-10-18(11-8-17)19-12-14-21(15-13-19)25-23(27)24-20-5-3-2-4-6-20/h2-6,12-15,17-18H,7-11,16H2,1H3,(H2,24,25,27)/t17-,18-. The van der Waals surface area contributed by atoms with Crippen LogP contribution in [0.25, 0.3) is 0 Å². The van der Waals surface area contributed by atoms with Gasteiger partial charge in [0, 0.05) is 17.8 Å². The summed E-state index contributed by atoms with van der Waals surface area (Å²) in [7, 11) is 1.45. The average molecular weight is 380 g/mol. The van der Waals surface area contributed by atoms with E-state index in [4.69, 9.17) is 4.74 Å². The normalized spacial score (nSPS) is 18.9. The SMILES string of the molecule is COC(=O)CC[C@H]1CC[C@H](c2ccc(NC(=O)Nc3ccccc3)cc2)CC1. The highest BCUT2D eigenvalue weighted by atomic mass is 16.5. The molecule has 28 heavy (non-hydrogen) atoms. The molecule has 1 saturated carbocycles. The molecular weight excluding hydrogens is 352 g/mol. The van der Waals surface area contributed by atoms with Crippen molar-refractivity contribution in [1.29, 1.82) is 0 Å². The minimum absolute atomic E-state index is 0.110. The molecule has 0 spiro atoms. The number of esters is 1. The Morgan fingerprint density at radius 2 is 1.50 bits per heavy atom. The zero-order valence-corrected chi connectivity index (χ0v) is 16.3. The molecular formula is C23H28N2O3. The molecule has 3 rings (SSSR count). The van der Waals surface area contributed by atoms with Crippen molar-refractivity contribution in [3.05, 3.63) is 60.2 Å². The number of ether oxygens (including phenoxy) is 1. The van der Waals surface area contributed by atoms with Crippen molar-refractivity contribution in [1.82, 2.24) is 0 Å². The van der Waals surface area contributed by atoms with Crippen molar-refractivity contribution in [2.45, 2.75) is 44.4 Å². The summed E-state index contributed by atoms with van der Waals surface area (Å²) in [6.45, 7) is 0. The highest BCUT2D eigenvalue weighted by Crippen LogP contribution is 2.37. The molecule has 2 aromatic rings. The fourth-order valence-corrected chi connectivity index (χ4v) is 3.86. The van der Waals surface area contributed by atoms with E-state index in [1.807, 2.05) is 42.5 Å². The van der Waals surface area contributed by atoms with E-state index >= 15 is 0 Å². The van der Waals surface area contributed by atoms with Crippen LogP contribution in [-0.2, 0) is 9.53 Å². The van der Waals surface area contributed by atoms with Gasteiger partial charge in [-0.05, 0) is 73.8 Å². The van der Waals surface area contributed by atoms with Crippen molar-refractivity contribution in [2.75, 3.05) is 17.7 Å². The second-order valence-electron chi connectivity index (χ2n) is 7.40. The van der Waals surface area contributed by atoms with E-state index in [-0.39, 0.29) is 12.0 Å². The Hall–Kier alpha value is -2.82. The number of carbonyl (C=O) groups is 2. The number of anilines is 2. The zero-order valence-electron chi connectivity index (χ0n) is 16.3. The van der Waals surface area contributed by atoms with Gasteiger partial charge in [-0.1, -0.05) is 30.3 Å². The van der Waals surface area contributed by atoms with E-state index in [2.05, 4.69) is 22.8 Å². The quantitative estimate of drug-likeness (QED) is 0.645. The molecule has 1 aliphatic carbocycles. The molecule has 2 aromatic carbocycles. The summed E-state index contributed by atoms with van der Waals surface area (Å²) in [6, 6.07) is 17.3. The average Bonchev–Trinajstić information content (AvgIpc) is 2.73. The van der Waals surface area contributed by atoms with Crippen molar-refractivity contribution in [2.24, 2.45) is 5.92 Å². The van der Waals surface area contributed by atoms with Gasteiger partial charge in [-0.3, -0.25) is 4.79 Å². The number of carbonyl (C=O) groups excluding carboxylic acids is 2. The summed E-state index contributed by atoms with van der Waals surface area (Å²) in [5, 5.41) is 5.68. The Kier molecular flexibility index (Phi) is 7.06. The van der Waals surface area contributed by atoms with Crippen molar-refractivity contribution in [3.8, 4) is 0 Å². The number of para-hydroxylation sites is 1. The number of rotatable bonds is 6. The van der Waals surface area contributed by atoms with E-state index < -0.39 is 0 Å². The lowest BCUT2D eigenvalue weighted by Gasteiger charge is -2.28. The van der Waals surface area contributed by atoms with Crippen LogP contribution in [0, 0.1) is 5.92 Å². The summed E-state index contributed by atoms with van der Waals surface area (Å²) in [6.07, 6.45) is 6.05. The highest BCUT2D eigenvalue weighted by molar-refractivity contribution is 5.99. The van der Waals surface area contributed by atoms with Gasteiger partial charge >= 0.3 is 12.0 Å². The topological polar surface area (TPSA) is 67.4 Å². The van der Waals surface area contributed by atoms with Crippen LogP contribution in [0.15, 0.2) is 54.6 Å². The maximum absolute atomic E-state index is 12.1. The maximum Gasteiger partial charge on any atom is 0.323 e. The van der Waals surface area contributed by atoms with Crippen molar-refractivity contribution < 1.29 is 14.3 Å². The molecule has 5 heteroatoms. The summed E-state index contributed by atoms with van der Waals surface area (Å²) in [5.41, 5.74) is 2.87. The van der Waals surface area contributed by atoms with E-state index in [0.717, 1.165) is 43.5 Å². The Morgan fingerprint density at radius 1 is 0.893 bits per heavy atom. The molecule has 0 saturated heterocycles. The molecule has 5 nitrogen and oxygen atoms in total. The lowest BCUT2D eigenvalue weighted by molar-refractivity contribution is -0.141. The predicted octanol–water partition coefficient (Wildman–Crippen LogP) is 5.56. The number of hydrogen-bond donors (Lipinski definition) is 2. The smallest absolute Gasteiger partial charge is 0.323 e. The van der Waals surface area contributed by atoms with Gasteiger partial charge in [0.05, 0.1) is 7.11 Å². The Balaban J connectivity index is 1.45. The Bertz CT molecular complexity index is 766. The molecule has 0 atom stereocenters. The van der Waals surface area contributed by atoms with E-state index in [0.29, 0.717) is 18.3 Å². The van der Waals surface area contributed by atoms with Crippen molar-refractivity contribution in [3.63, 3.8) is 0 Å². The van der Waals surface area contributed by atoms with E-state index in [1.165, 1.54) is 12.7 Å². The molecule has 1 aliphatic rings. The Morgan fingerprint density at radius 3 is 2.11 bits per heavy atom. The monoisotopic (exact) mass is 380 g/mol. The predicted molar refractivity (Wildman–Crippen MR) is 111 cm³/mol. The number of urea groups is 1. The second-order valence-corrected chi connectivity index (χ2v) is 7.40. The minimum Gasteiger partial charge on any atom is -0.469 e. The molecule has 2 N–H and O–H groups in total. The van der Waals surface area contributed by atoms with Gasteiger partial charge < -0.3 is 15.4 Å². The second kappa shape index (κ2) is 9.93. The third-order valence-electron chi connectivity index (χ3n) is 5.50. The number of methoxy groups -OCH3 is 1. The molecule has 2 amide bonds. The van der Waals surface area contributed by atoms with Crippen LogP contribution in [0.3, 0.4) is 0 Å². The van der Waals surface area contributed by atoms with Crippen LogP contribution in [0.4, 0.5) is 16.2 Å². The lowest BCUT2D eigenvalue weighted by atomic mass is 9.77. The fourth-order valence-electron chi connectivity index (χ4n) is 3.86. The third kappa shape index (κ3) is 5.84. The van der Waals surface area contributed by atoms with Gasteiger partial charge in [-0.2, -0.15) is 0 Å². The molecule has 0 aliphatic heterocycles. The van der Waals surface area contributed by atoms with Gasteiger partial charge in [0.2, 0.25) is 0 Å². The van der Waals surface area contributed by atoms with Crippen LogP contribution in [0.5, 0.6) is 0 Å². The fraction of sp³-hybridized carbons (Fsp3) is 0.391.